The fourth-order valence-electron chi connectivity index (χ4n) is 1.27. The monoisotopic (exact) mass is 307 g/mol. The van der Waals surface area contributed by atoms with Gasteiger partial charge in [0.05, 0.1) is 21.6 Å². The van der Waals surface area contributed by atoms with Crippen LogP contribution >= 0.6 is 11.6 Å². The van der Waals surface area contributed by atoms with Crippen LogP contribution in [0, 0.1) is 0 Å². The largest absolute Gasteiger partial charge is 0.478 e. The topological polar surface area (TPSA) is 104 Å². The van der Waals surface area contributed by atoms with E-state index in [4.69, 9.17) is 16.7 Å². The second-order valence-electron chi connectivity index (χ2n) is 3.86. The molecule has 106 valence electrons. The highest BCUT2D eigenvalue weighted by molar-refractivity contribution is 7.89. The van der Waals surface area contributed by atoms with E-state index in [0.717, 1.165) is 6.07 Å². The van der Waals surface area contributed by atoms with Crippen LogP contribution in [-0.4, -0.2) is 37.2 Å². The predicted molar refractivity (Wildman–Crippen MR) is 69.9 cm³/mol. The van der Waals surface area contributed by atoms with Gasteiger partial charge in [-0.25, -0.2) is 17.9 Å². The minimum absolute atomic E-state index is 0.0416. The number of aliphatic hydroxyl groups is 1. The van der Waals surface area contributed by atoms with Gasteiger partial charge in [0.15, 0.2) is 0 Å². The van der Waals surface area contributed by atoms with Crippen LogP contribution in [0.3, 0.4) is 0 Å². The molecule has 3 N–H and O–H groups in total. The lowest BCUT2D eigenvalue weighted by molar-refractivity contribution is 0.0697. The van der Waals surface area contributed by atoms with Gasteiger partial charge in [-0.15, -0.1) is 0 Å². The number of hydrogen-bond acceptors (Lipinski definition) is 4. The first-order chi connectivity index (χ1) is 8.77. The van der Waals surface area contributed by atoms with Crippen molar-refractivity contribution >= 4 is 27.6 Å². The predicted octanol–water partition coefficient (Wildman–Crippen LogP) is 1.09. The maximum absolute atomic E-state index is 11.9. The number of aliphatic hydroxyl groups excluding tert-OH is 1. The maximum atomic E-state index is 11.9. The zero-order chi connectivity index (χ0) is 14.6. The Morgan fingerprint density at radius 3 is 2.63 bits per heavy atom. The molecule has 1 rings (SSSR count). The van der Waals surface area contributed by atoms with Crippen molar-refractivity contribution in [3.8, 4) is 0 Å². The van der Waals surface area contributed by atoms with E-state index in [1.807, 2.05) is 0 Å². The third-order valence-electron chi connectivity index (χ3n) is 2.46. The summed E-state index contributed by atoms with van der Waals surface area (Å²) in [6.45, 7) is 1.58. The van der Waals surface area contributed by atoms with E-state index in [1.165, 1.54) is 12.1 Å². The number of aromatic carboxylic acids is 1. The van der Waals surface area contributed by atoms with Crippen LogP contribution in [0.25, 0.3) is 0 Å². The van der Waals surface area contributed by atoms with Crippen molar-refractivity contribution < 1.29 is 23.4 Å². The zero-order valence-electron chi connectivity index (χ0n) is 10.1. The molecule has 1 unspecified atom stereocenters. The second kappa shape index (κ2) is 6.33. The molecule has 0 saturated carbocycles. The molecule has 6 nitrogen and oxygen atoms in total. The van der Waals surface area contributed by atoms with Crippen LogP contribution in [0.4, 0.5) is 0 Å². The summed E-state index contributed by atoms with van der Waals surface area (Å²) in [5, 5.41) is 18.1. The van der Waals surface area contributed by atoms with Crippen molar-refractivity contribution in [2.75, 3.05) is 6.54 Å². The van der Waals surface area contributed by atoms with Crippen molar-refractivity contribution in [1.29, 1.82) is 0 Å². The molecule has 0 aromatic heterocycles. The van der Waals surface area contributed by atoms with E-state index in [-0.39, 0.29) is 22.0 Å². The van der Waals surface area contributed by atoms with E-state index < -0.39 is 22.1 Å². The number of carboxylic acid groups (broad SMARTS) is 1. The van der Waals surface area contributed by atoms with Gasteiger partial charge in [0.2, 0.25) is 10.0 Å². The van der Waals surface area contributed by atoms with Gasteiger partial charge in [-0.05, 0) is 24.6 Å². The van der Waals surface area contributed by atoms with Crippen molar-refractivity contribution in [2.24, 2.45) is 0 Å². The number of carboxylic acids is 1. The summed E-state index contributed by atoms with van der Waals surface area (Å²) >= 11 is 5.66. The van der Waals surface area contributed by atoms with Crippen molar-refractivity contribution in [3.05, 3.63) is 28.8 Å². The van der Waals surface area contributed by atoms with Crippen molar-refractivity contribution in [1.82, 2.24) is 4.72 Å². The Balaban J connectivity index is 3.02. The first kappa shape index (κ1) is 15.9. The first-order valence-corrected chi connectivity index (χ1v) is 7.34. The Kier molecular flexibility index (Phi) is 5.30. The molecule has 0 amide bonds. The lowest BCUT2D eigenvalue weighted by atomic mass is 10.2. The number of sulfonamides is 1. The highest BCUT2D eigenvalue weighted by Crippen LogP contribution is 2.20. The van der Waals surface area contributed by atoms with Gasteiger partial charge >= 0.3 is 5.97 Å². The molecule has 1 aromatic carbocycles. The van der Waals surface area contributed by atoms with E-state index in [2.05, 4.69) is 4.72 Å². The van der Waals surface area contributed by atoms with Gasteiger partial charge in [-0.1, -0.05) is 18.5 Å². The summed E-state index contributed by atoms with van der Waals surface area (Å²) in [6.07, 6.45) is -0.384. The molecule has 19 heavy (non-hydrogen) atoms. The highest BCUT2D eigenvalue weighted by Gasteiger charge is 2.19. The van der Waals surface area contributed by atoms with E-state index >= 15 is 0 Å². The number of benzene rings is 1. The fraction of sp³-hybridized carbons (Fsp3) is 0.364. The average molecular weight is 308 g/mol. The molecule has 0 saturated heterocycles. The van der Waals surface area contributed by atoms with E-state index in [0.29, 0.717) is 6.42 Å². The van der Waals surface area contributed by atoms with Crippen molar-refractivity contribution in [2.45, 2.75) is 24.3 Å². The lowest BCUT2D eigenvalue weighted by Crippen LogP contribution is -2.31. The third kappa shape index (κ3) is 4.17. The van der Waals surface area contributed by atoms with Crippen LogP contribution in [0.1, 0.15) is 23.7 Å². The summed E-state index contributed by atoms with van der Waals surface area (Å²) < 4.78 is 26.0. The third-order valence-corrected chi connectivity index (χ3v) is 4.21. The molecule has 0 aliphatic heterocycles. The number of nitrogens with one attached hydrogen (secondary N) is 1. The Morgan fingerprint density at radius 1 is 1.47 bits per heavy atom. The summed E-state index contributed by atoms with van der Waals surface area (Å²) in [7, 11) is -3.87. The van der Waals surface area contributed by atoms with Gasteiger partial charge < -0.3 is 10.2 Å². The van der Waals surface area contributed by atoms with Crippen LogP contribution in [-0.2, 0) is 10.0 Å². The second-order valence-corrected chi connectivity index (χ2v) is 6.03. The van der Waals surface area contributed by atoms with Crippen molar-refractivity contribution in [3.63, 3.8) is 0 Å². The molecule has 0 aliphatic rings. The highest BCUT2D eigenvalue weighted by atomic mass is 35.5. The summed E-state index contributed by atoms with van der Waals surface area (Å²) in [6, 6.07) is 3.39. The molecule has 0 aliphatic carbocycles. The summed E-state index contributed by atoms with van der Waals surface area (Å²) in [4.78, 5) is 10.7. The number of hydrogen-bond donors (Lipinski definition) is 3. The normalized spacial score (nSPS) is 13.2. The maximum Gasteiger partial charge on any atom is 0.337 e. The SMILES string of the molecule is CCC(O)CNS(=O)(=O)c1ccc(Cl)c(C(=O)O)c1. The van der Waals surface area contributed by atoms with Gasteiger partial charge in [0.1, 0.15) is 0 Å². The Morgan fingerprint density at radius 2 is 2.11 bits per heavy atom. The minimum atomic E-state index is -3.87. The lowest BCUT2D eigenvalue weighted by Gasteiger charge is -2.11. The molecule has 1 aromatic rings. The molecule has 0 bridgehead atoms. The molecule has 0 heterocycles. The van der Waals surface area contributed by atoms with Crippen LogP contribution in [0.2, 0.25) is 5.02 Å². The standard InChI is InChI=1S/C11H14ClNO5S/c1-2-7(14)6-13-19(17,18)8-3-4-10(12)9(5-8)11(15)16/h3-5,7,13-14H,2,6H2,1H3,(H,15,16). The fourth-order valence-corrected chi connectivity index (χ4v) is 2.57. The van der Waals surface area contributed by atoms with Gasteiger partial charge in [0, 0.05) is 6.54 Å². The number of rotatable bonds is 6. The summed E-state index contributed by atoms with van der Waals surface area (Å²) in [5.41, 5.74) is -0.291. The quantitative estimate of drug-likeness (QED) is 0.730. The smallest absolute Gasteiger partial charge is 0.337 e. The van der Waals surface area contributed by atoms with Gasteiger partial charge in [-0.3, -0.25) is 0 Å². The Hall–Kier alpha value is -1.15. The summed E-state index contributed by atoms with van der Waals surface area (Å²) in [5.74, 6) is -1.31. The van der Waals surface area contributed by atoms with Crippen LogP contribution in [0.5, 0.6) is 0 Å². The Bertz CT molecular complexity index is 572. The van der Waals surface area contributed by atoms with E-state index in [9.17, 15) is 18.3 Å². The number of carbonyl (C=O) groups is 1. The molecule has 0 spiro atoms. The Labute approximate surface area is 116 Å². The zero-order valence-corrected chi connectivity index (χ0v) is 11.7. The van der Waals surface area contributed by atoms with Gasteiger partial charge in [-0.2, -0.15) is 0 Å². The molecule has 8 heteroatoms. The number of halogens is 1. The molecular weight excluding hydrogens is 294 g/mol. The van der Waals surface area contributed by atoms with Crippen LogP contribution < -0.4 is 4.72 Å². The molecule has 0 radical (unpaired) electrons. The molecular formula is C11H14ClNO5S. The average Bonchev–Trinajstić information content (AvgIpc) is 2.35. The first-order valence-electron chi connectivity index (χ1n) is 5.48. The molecule has 1 atom stereocenters. The van der Waals surface area contributed by atoms with E-state index in [1.54, 1.807) is 6.92 Å². The van der Waals surface area contributed by atoms with Gasteiger partial charge in [0.25, 0.3) is 0 Å². The van der Waals surface area contributed by atoms with Crippen LogP contribution in [0.15, 0.2) is 23.1 Å². The molecule has 0 fully saturated rings. The minimum Gasteiger partial charge on any atom is -0.478 e.